The van der Waals surface area contributed by atoms with Crippen molar-refractivity contribution in [2.45, 2.75) is 18.8 Å². The Hall–Kier alpha value is -3.54. The van der Waals surface area contributed by atoms with Crippen LogP contribution in [0.5, 0.6) is 0 Å². The van der Waals surface area contributed by atoms with Crippen LogP contribution in [0.4, 0.5) is 42.5 Å². The van der Waals surface area contributed by atoms with Crippen molar-refractivity contribution in [1.29, 1.82) is 0 Å². The van der Waals surface area contributed by atoms with Gasteiger partial charge in [0.15, 0.2) is 0 Å². The maximum absolute atomic E-state index is 13.2. The normalized spacial score (nSPS) is 11.7. The number of anilines is 2. The van der Waals surface area contributed by atoms with Crippen LogP contribution in [-0.4, -0.2) is 25.0 Å². The number of thiophene rings is 1. The largest absolute Gasteiger partial charge is 0.416 e. The van der Waals surface area contributed by atoms with Crippen LogP contribution in [-0.2, 0) is 12.4 Å². The molecule has 2 aromatic carbocycles. The Morgan fingerprint density at radius 3 is 2.14 bits per heavy atom. The Balaban J connectivity index is 1.77. The van der Waals surface area contributed by atoms with E-state index in [1.807, 2.05) is 0 Å². The van der Waals surface area contributed by atoms with E-state index in [1.165, 1.54) is 23.5 Å². The lowest BCUT2D eigenvalue weighted by molar-refractivity contribution is -0.138. The lowest BCUT2D eigenvalue weighted by Gasteiger charge is -2.24. The average molecular weight is 515 g/mol. The summed E-state index contributed by atoms with van der Waals surface area (Å²) in [6.45, 7) is -0.000139. The molecule has 1 aromatic heterocycles. The first-order valence-corrected chi connectivity index (χ1v) is 11.1. The van der Waals surface area contributed by atoms with Crippen LogP contribution < -0.4 is 15.5 Å². The number of amides is 3. The number of nitrogens with one attached hydrogen (secondary N) is 2. The summed E-state index contributed by atoms with van der Waals surface area (Å²) in [5.74, 6) is -0.334. The van der Waals surface area contributed by atoms with Crippen molar-refractivity contribution in [3.63, 3.8) is 0 Å². The Kier molecular flexibility index (Phi) is 8.05. The summed E-state index contributed by atoms with van der Waals surface area (Å²) in [5.41, 5.74) is -2.25. The second-order valence-corrected chi connectivity index (χ2v) is 8.24. The van der Waals surface area contributed by atoms with Crippen molar-refractivity contribution in [2.75, 3.05) is 23.3 Å². The van der Waals surface area contributed by atoms with Crippen molar-refractivity contribution in [2.24, 2.45) is 0 Å². The minimum absolute atomic E-state index is 0.103. The summed E-state index contributed by atoms with van der Waals surface area (Å²) < 4.78 is 78.6. The zero-order chi connectivity index (χ0) is 25.6. The second-order valence-electron chi connectivity index (χ2n) is 7.30. The van der Waals surface area contributed by atoms with E-state index in [2.05, 4.69) is 10.6 Å². The Morgan fingerprint density at radius 2 is 1.51 bits per heavy atom. The quantitative estimate of drug-likeness (QED) is 0.274. The molecule has 0 unspecified atom stereocenters. The van der Waals surface area contributed by atoms with Gasteiger partial charge in [-0.2, -0.15) is 26.3 Å². The SMILES string of the molecule is O=C(NCCCN(C(=O)Nc1cccc(C(F)(F)F)c1)c1cccc(C(F)(F)F)c1)c1cccs1. The zero-order valence-electron chi connectivity index (χ0n) is 17.9. The van der Waals surface area contributed by atoms with E-state index in [0.717, 1.165) is 41.3 Å². The number of hydrogen-bond acceptors (Lipinski definition) is 3. The van der Waals surface area contributed by atoms with Crippen LogP contribution in [0.1, 0.15) is 27.2 Å². The van der Waals surface area contributed by atoms with Gasteiger partial charge in [-0.05, 0) is 54.3 Å². The molecular weight excluding hydrogens is 496 g/mol. The molecule has 0 radical (unpaired) electrons. The predicted octanol–water partition coefficient (Wildman–Crippen LogP) is 6.64. The molecule has 2 N–H and O–H groups in total. The topological polar surface area (TPSA) is 61.4 Å². The molecular formula is C23H19F6N3O2S. The van der Waals surface area contributed by atoms with Gasteiger partial charge in [0.25, 0.3) is 5.91 Å². The Bertz CT molecular complexity index is 1160. The number of benzene rings is 2. The lowest BCUT2D eigenvalue weighted by Crippen LogP contribution is -2.37. The summed E-state index contributed by atoms with van der Waals surface area (Å²) in [7, 11) is 0. The monoisotopic (exact) mass is 515 g/mol. The standard InChI is InChI=1S/C23H19F6N3O2S/c24-22(25,26)15-5-1-7-17(13-15)31-21(34)32(18-8-2-6-16(14-18)23(27,28)29)11-4-10-30-20(33)19-9-3-12-35-19/h1-3,5-9,12-14H,4,10-11H2,(H,30,33)(H,31,34). The maximum atomic E-state index is 13.2. The number of halogens is 6. The zero-order valence-corrected chi connectivity index (χ0v) is 18.7. The van der Waals surface area contributed by atoms with Gasteiger partial charge in [0.2, 0.25) is 0 Å². The fraction of sp³-hybridized carbons (Fsp3) is 0.217. The van der Waals surface area contributed by atoms with Crippen molar-refractivity contribution in [1.82, 2.24) is 5.32 Å². The molecule has 0 saturated heterocycles. The third-order valence-electron chi connectivity index (χ3n) is 4.76. The van der Waals surface area contributed by atoms with Crippen molar-refractivity contribution in [3.05, 3.63) is 82.0 Å². The number of hydrogen-bond donors (Lipinski definition) is 2. The minimum atomic E-state index is -4.66. The van der Waals surface area contributed by atoms with Crippen LogP contribution in [0.2, 0.25) is 0 Å². The number of carbonyl (C=O) groups excluding carboxylic acids is 2. The first kappa shape index (κ1) is 26.1. The highest BCUT2D eigenvalue weighted by molar-refractivity contribution is 7.12. The summed E-state index contributed by atoms with van der Waals surface area (Å²) >= 11 is 1.23. The third-order valence-corrected chi connectivity index (χ3v) is 5.63. The summed E-state index contributed by atoms with van der Waals surface area (Å²) in [4.78, 5) is 26.4. The van der Waals surface area contributed by atoms with E-state index in [-0.39, 0.29) is 36.8 Å². The Labute approximate surface area is 200 Å². The van der Waals surface area contributed by atoms with Crippen molar-refractivity contribution in [3.8, 4) is 0 Å². The van der Waals surface area contributed by atoms with Gasteiger partial charge in [-0.25, -0.2) is 4.79 Å². The van der Waals surface area contributed by atoms with E-state index in [0.29, 0.717) is 4.88 Å². The highest BCUT2D eigenvalue weighted by Crippen LogP contribution is 2.33. The van der Waals surface area contributed by atoms with Crippen molar-refractivity contribution >= 4 is 34.6 Å². The number of rotatable bonds is 7. The molecule has 0 atom stereocenters. The van der Waals surface area contributed by atoms with Gasteiger partial charge < -0.3 is 10.6 Å². The van der Waals surface area contributed by atoms with Crippen molar-refractivity contribution < 1.29 is 35.9 Å². The molecule has 12 heteroatoms. The van der Waals surface area contributed by atoms with Gasteiger partial charge in [0.1, 0.15) is 0 Å². The first-order valence-electron chi connectivity index (χ1n) is 10.2. The molecule has 0 aliphatic rings. The molecule has 5 nitrogen and oxygen atoms in total. The van der Waals surface area contributed by atoms with E-state index < -0.39 is 29.5 Å². The van der Waals surface area contributed by atoms with Crippen LogP contribution >= 0.6 is 11.3 Å². The fourth-order valence-corrected chi connectivity index (χ4v) is 3.74. The molecule has 0 fully saturated rings. The van der Waals surface area contributed by atoms with Crippen LogP contribution in [0.25, 0.3) is 0 Å². The molecule has 3 amide bonds. The molecule has 186 valence electrons. The van der Waals surface area contributed by atoms with E-state index in [1.54, 1.807) is 17.5 Å². The molecule has 0 aliphatic carbocycles. The molecule has 1 heterocycles. The lowest BCUT2D eigenvalue weighted by atomic mass is 10.1. The second kappa shape index (κ2) is 10.8. The first-order chi connectivity index (χ1) is 16.4. The number of nitrogens with zero attached hydrogens (tertiary/aromatic N) is 1. The van der Waals surface area contributed by atoms with Crippen LogP contribution in [0.3, 0.4) is 0 Å². The molecule has 0 saturated carbocycles. The molecule has 0 spiro atoms. The molecule has 0 aliphatic heterocycles. The predicted molar refractivity (Wildman–Crippen MR) is 121 cm³/mol. The number of alkyl halides is 6. The van der Waals surface area contributed by atoms with E-state index in [9.17, 15) is 35.9 Å². The number of carbonyl (C=O) groups is 2. The summed E-state index contributed by atoms with van der Waals surface area (Å²) in [6, 6.07) is 10.3. The molecule has 35 heavy (non-hydrogen) atoms. The fourth-order valence-electron chi connectivity index (χ4n) is 3.10. The summed E-state index contributed by atoms with van der Waals surface area (Å²) in [5, 5.41) is 6.68. The Morgan fingerprint density at radius 1 is 0.857 bits per heavy atom. The van der Waals surface area contributed by atoms with Gasteiger partial charge in [0, 0.05) is 24.5 Å². The molecule has 3 rings (SSSR count). The van der Waals surface area contributed by atoms with Gasteiger partial charge in [0.05, 0.1) is 16.0 Å². The van der Waals surface area contributed by atoms with Gasteiger partial charge in [-0.3, -0.25) is 9.69 Å². The van der Waals surface area contributed by atoms with Gasteiger partial charge in [-0.1, -0.05) is 18.2 Å². The van der Waals surface area contributed by atoms with E-state index >= 15 is 0 Å². The molecule has 0 bridgehead atoms. The van der Waals surface area contributed by atoms with Gasteiger partial charge >= 0.3 is 18.4 Å². The van der Waals surface area contributed by atoms with Gasteiger partial charge in [-0.15, -0.1) is 11.3 Å². The highest BCUT2D eigenvalue weighted by atomic mass is 32.1. The summed E-state index contributed by atoms with van der Waals surface area (Å²) in [6.07, 6.45) is -9.13. The highest BCUT2D eigenvalue weighted by Gasteiger charge is 2.32. The maximum Gasteiger partial charge on any atom is 0.416 e. The average Bonchev–Trinajstić information content (AvgIpc) is 3.33. The van der Waals surface area contributed by atoms with Crippen LogP contribution in [0.15, 0.2) is 66.0 Å². The number of urea groups is 1. The molecule has 3 aromatic rings. The third kappa shape index (κ3) is 7.22. The minimum Gasteiger partial charge on any atom is -0.351 e. The van der Waals surface area contributed by atoms with Crippen LogP contribution in [0, 0.1) is 0 Å². The smallest absolute Gasteiger partial charge is 0.351 e. The van der Waals surface area contributed by atoms with E-state index in [4.69, 9.17) is 0 Å².